The van der Waals surface area contributed by atoms with E-state index in [1.54, 1.807) is 6.07 Å². The fraction of sp³-hybridized carbons (Fsp3) is 0.538. The number of aryl methyl sites for hydroxylation is 1. The Labute approximate surface area is 96.5 Å². The van der Waals surface area contributed by atoms with Gasteiger partial charge in [-0.05, 0) is 44.5 Å². The van der Waals surface area contributed by atoms with E-state index < -0.39 is 0 Å². The number of hydrogen-bond acceptors (Lipinski definition) is 2. The minimum atomic E-state index is -0.151. The molecule has 2 rings (SSSR count). The lowest BCUT2D eigenvalue weighted by Gasteiger charge is -2.16. The minimum Gasteiger partial charge on any atom is -0.381 e. The largest absolute Gasteiger partial charge is 0.381 e. The van der Waals surface area contributed by atoms with Gasteiger partial charge in [0.15, 0.2) is 0 Å². The van der Waals surface area contributed by atoms with Crippen LogP contribution in [0.15, 0.2) is 18.2 Å². The molecule has 16 heavy (non-hydrogen) atoms. The number of nitrogens with zero attached hydrogens (tertiary/aromatic N) is 1. The van der Waals surface area contributed by atoms with Gasteiger partial charge in [0, 0.05) is 13.1 Å². The van der Waals surface area contributed by atoms with E-state index in [1.165, 1.54) is 32.0 Å². The quantitative estimate of drug-likeness (QED) is 0.842. The predicted molar refractivity (Wildman–Crippen MR) is 65.3 cm³/mol. The minimum absolute atomic E-state index is 0.151. The summed E-state index contributed by atoms with van der Waals surface area (Å²) >= 11 is 0. The second kappa shape index (κ2) is 5.30. The van der Waals surface area contributed by atoms with E-state index in [9.17, 15) is 4.39 Å². The highest BCUT2D eigenvalue weighted by molar-refractivity contribution is 5.51. The Balaban J connectivity index is 1.84. The van der Waals surface area contributed by atoms with E-state index in [-0.39, 0.29) is 5.82 Å². The van der Waals surface area contributed by atoms with Crippen molar-refractivity contribution in [1.29, 1.82) is 0 Å². The van der Waals surface area contributed by atoms with Gasteiger partial charge in [0.1, 0.15) is 5.82 Å². The lowest BCUT2D eigenvalue weighted by Crippen LogP contribution is -2.26. The third kappa shape index (κ3) is 2.73. The van der Waals surface area contributed by atoms with Crippen molar-refractivity contribution in [3.63, 3.8) is 0 Å². The van der Waals surface area contributed by atoms with E-state index in [2.05, 4.69) is 10.2 Å². The predicted octanol–water partition coefficient (Wildman–Crippen LogP) is 2.64. The van der Waals surface area contributed by atoms with Crippen LogP contribution in [0.5, 0.6) is 0 Å². The lowest BCUT2D eigenvalue weighted by molar-refractivity contribution is 0.352. The standard InChI is InChI=1S/C13H19FN2/c1-11-5-4-6-12(14)13(11)15-7-10-16-8-2-3-9-16/h4-6,15H,2-3,7-10H2,1H3. The average molecular weight is 222 g/mol. The molecular weight excluding hydrogens is 203 g/mol. The molecule has 1 heterocycles. The van der Waals surface area contributed by atoms with E-state index >= 15 is 0 Å². The van der Waals surface area contributed by atoms with Crippen LogP contribution >= 0.6 is 0 Å². The first-order valence-electron chi connectivity index (χ1n) is 5.99. The molecule has 0 amide bonds. The summed E-state index contributed by atoms with van der Waals surface area (Å²) in [5.74, 6) is -0.151. The number of rotatable bonds is 4. The van der Waals surface area contributed by atoms with Crippen LogP contribution in [0.2, 0.25) is 0 Å². The highest BCUT2D eigenvalue weighted by Gasteiger charge is 2.11. The zero-order chi connectivity index (χ0) is 11.4. The molecule has 0 aliphatic carbocycles. The van der Waals surface area contributed by atoms with Gasteiger partial charge in [-0.2, -0.15) is 0 Å². The molecule has 0 saturated carbocycles. The zero-order valence-corrected chi connectivity index (χ0v) is 9.80. The summed E-state index contributed by atoms with van der Waals surface area (Å²) in [6.45, 7) is 6.15. The van der Waals surface area contributed by atoms with E-state index in [0.717, 1.165) is 18.7 Å². The molecule has 1 aromatic rings. The van der Waals surface area contributed by atoms with Crippen molar-refractivity contribution >= 4 is 5.69 Å². The number of halogens is 1. The first-order valence-corrected chi connectivity index (χ1v) is 5.99. The van der Waals surface area contributed by atoms with Crippen molar-refractivity contribution < 1.29 is 4.39 Å². The first-order chi connectivity index (χ1) is 7.77. The van der Waals surface area contributed by atoms with Gasteiger partial charge in [-0.1, -0.05) is 12.1 Å². The number of para-hydroxylation sites is 1. The normalized spacial score (nSPS) is 16.6. The fourth-order valence-corrected chi connectivity index (χ4v) is 2.20. The monoisotopic (exact) mass is 222 g/mol. The third-order valence-electron chi connectivity index (χ3n) is 3.15. The molecule has 0 bridgehead atoms. The second-order valence-corrected chi connectivity index (χ2v) is 4.41. The van der Waals surface area contributed by atoms with Crippen molar-refractivity contribution in [2.45, 2.75) is 19.8 Å². The average Bonchev–Trinajstić information content (AvgIpc) is 2.75. The van der Waals surface area contributed by atoms with Gasteiger partial charge < -0.3 is 10.2 Å². The number of benzene rings is 1. The van der Waals surface area contributed by atoms with Crippen molar-refractivity contribution in [2.75, 3.05) is 31.5 Å². The fourth-order valence-electron chi connectivity index (χ4n) is 2.20. The highest BCUT2D eigenvalue weighted by Crippen LogP contribution is 2.18. The van der Waals surface area contributed by atoms with Crippen LogP contribution in [0.25, 0.3) is 0 Å². The van der Waals surface area contributed by atoms with Crippen LogP contribution in [-0.4, -0.2) is 31.1 Å². The van der Waals surface area contributed by atoms with Crippen molar-refractivity contribution in [2.24, 2.45) is 0 Å². The highest BCUT2D eigenvalue weighted by atomic mass is 19.1. The van der Waals surface area contributed by atoms with Crippen LogP contribution in [-0.2, 0) is 0 Å². The van der Waals surface area contributed by atoms with Crippen LogP contribution in [0.4, 0.5) is 10.1 Å². The lowest BCUT2D eigenvalue weighted by atomic mass is 10.2. The van der Waals surface area contributed by atoms with Gasteiger partial charge in [-0.3, -0.25) is 0 Å². The maximum absolute atomic E-state index is 13.5. The molecule has 2 nitrogen and oxygen atoms in total. The zero-order valence-electron chi connectivity index (χ0n) is 9.80. The van der Waals surface area contributed by atoms with Gasteiger partial charge >= 0.3 is 0 Å². The van der Waals surface area contributed by atoms with Crippen molar-refractivity contribution in [3.8, 4) is 0 Å². The summed E-state index contributed by atoms with van der Waals surface area (Å²) in [7, 11) is 0. The number of anilines is 1. The Morgan fingerprint density at radius 3 is 2.75 bits per heavy atom. The van der Waals surface area contributed by atoms with E-state index in [4.69, 9.17) is 0 Å². The van der Waals surface area contributed by atoms with Gasteiger partial charge in [0.25, 0.3) is 0 Å². The molecule has 88 valence electrons. The summed E-state index contributed by atoms with van der Waals surface area (Å²) in [6.07, 6.45) is 2.61. The summed E-state index contributed by atoms with van der Waals surface area (Å²) in [5.41, 5.74) is 1.63. The first kappa shape index (κ1) is 11.4. The maximum atomic E-state index is 13.5. The third-order valence-corrected chi connectivity index (χ3v) is 3.15. The summed E-state index contributed by atoms with van der Waals surface area (Å²) in [5, 5.41) is 3.19. The number of hydrogen-bond donors (Lipinski definition) is 1. The number of likely N-dealkylation sites (tertiary alicyclic amines) is 1. The van der Waals surface area contributed by atoms with Gasteiger partial charge in [0.2, 0.25) is 0 Å². The number of nitrogens with one attached hydrogen (secondary N) is 1. The Morgan fingerprint density at radius 1 is 1.31 bits per heavy atom. The smallest absolute Gasteiger partial charge is 0.146 e. The summed E-state index contributed by atoms with van der Waals surface area (Å²) in [4.78, 5) is 2.42. The van der Waals surface area contributed by atoms with Crippen LogP contribution in [0.1, 0.15) is 18.4 Å². The molecule has 1 fully saturated rings. The Bertz CT molecular complexity index is 326. The molecule has 0 unspecified atom stereocenters. The van der Waals surface area contributed by atoms with Crippen LogP contribution in [0, 0.1) is 12.7 Å². The second-order valence-electron chi connectivity index (χ2n) is 4.41. The Kier molecular flexibility index (Phi) is 3.78. The topological polar surface area (TPSA) is 15.3 Å². The van der Waals surface area contributed by atoms with Gasteiger partial charge in [-0.25, -0.2) is 4.39 Å². The Morgan fingerprint density at radius 2 is 2.06 bits per heavy atom. The van der Waals surface area contributed by atoms with Crippen molar-refractivity contribution in [1.82, 2.24) is 4.90 Å². The van der Waals surface area contributed by atoms with E-state index in [1.807, 2.05) is 13.0 Å². The molecular formula is C13H19FN2. The van der Waals surface area contributed by atoms with Gasteiger partial charge in [-0.15, -0.1) is 0 Å². The molecule has 0 aromatic heterocycles. The molecule has 1 aromatic carbocycles. The van der Waals surface area contributed by atoms with E-state index in [0.29, 0.717) is 5.69 Å². The van der Waals surface area contributed by atoms with Crippen molar-refractivity contribution in [3.05, 3.63) is 29.6 Å². The molecule has 1 N–H and O–H groups in total. The Hall–Kier alpha value is -1.09. The maximum Gasteiger partial charge on any atom is 0.146 e. The van der Waals surface area contributed by atoms with Gasteiger partial charge in [0.05, 0.1) is 5.69 Å². The van der Waals surface area contributed by atoms with Crippen LogP contribution < -0.4 is 5.32 Å². The SMILES string of the molecule is Cc1cccc(F)c1NCCN1CCCC1. The molecule has 1 aliphatic rings. The molecule has 3 heteroatoms. The molecule has 1 aliphatic heterocycles. The van der Waals surface area contributed by atoms with Crippen LogP contribution in [0.3, 0.4) is 0 Å². The molecule has 1 saturated heterocycles. The summed E-state index contributed by atoms with van der Waals surface area (Å²) in [6, 6.07) is 5.18. The molecule has 0 spiro atoms. The molecule has 0 atom stereocenters. The summed E-state index contributed by atoms with van der Waals surface area (Å²) < 4.78 is 13.5. The molecule has 0 radical (unpaired) electrons.